The number of carbonyl (C=O) groups is 1. The van der Waals surface area contributed by atoms with Gasteiger partial charge in [-0.1, -0.05) is 0 Å². The normalized spacial score (nSPS) is 10.1. The summed E-state index contributed by atoms with van der Waals surface area (Å²) in [5.41, 5.74) is 0.573. The number of hydrogen-bond donors (Lipinski definition) is 1. The zero-order chi connectivity index (χ0) is 8.81. The van der Waals surface area contributed by atoms with E-state index in [0.717, 1.165) is 6.42 Å². The molecule has 1 heterocycles. The number of imidazole rings is 1. The van der Waals surface area contributed by atoms with E-state index in [0.29, 0.717) is 18.7 Å². The lowest BCUT2D eigenvalue weighted by atomic mass is 10.2. The van der Waals surface area contributed by atoms with Crippen molar-refractivity contribution in [3.8, 4) is 0 Å². The Bertz CT molecular complexity index is 236. The van der Waals surface area contributed by atoms with Crippen molar-refractivity contribution in [2.24, 2.45) is 0 Å². The number of aromatic amines is 1. The van der Waals surface area contributed by atoms with Gasteiger partial charge in [0.15, 0.2) is 5.78 Å². The summed E-state index contributed by atoms with van der Waals surface area (Å²) < 4.78 is 4.80. The molecule has 5 heteroatoms. The van der Waals surface area contributed by atoms with E-state index in [-0.39, 0.29) is 5.78 Å². The van der Waals surface area contributed by atoms with Gasteiger partial charge in [0, 0.05) is 6.42 Å². The smallest absolute Gasteiger partial charge is 0.180 e. The van der Waals surface area contributed by atoms with Gasteiger partial charge in [0.2, 0.25) is 0 Å². The maximum Gasteiger partial charge on any atom is 0.180 e. The van der Waals surface area contributed by atoms with Crippen LogP contribution in [0.15, 0.2) is 12.5 Å². The van der Waals surface area contributed by atoms with Crippen molar-refractivity contribution >= 4 is 28.8 Å². The minimum Gasteiger partial charge on any atom is -0.342 e. The highest BCUT2D eigenvalue weighted by molar-refractivity contribution is 14.1. The summed E-state index contributed by atoms with van der Waals surface area (Å²) >= 11 is 1.82. The predicted molar refractivity (Wildman–Crippen MR) is 52.1 cm³/mol. The van der Waals surface area contributed by atoms with Crippen LogP contribution in [0.1, 0.15) is 23.3 Å². The molecule has 12 heavy (non-hydrogen) atoms. The van der Waals surface area contributed by atoms with Gasteiger partial charge in [-0.15, -0.1) is 0 Å². The Morgan fingerprint density at radius 2 is 2.58 bits per heavy atom. The molecule has 0 atom stereocenters. The van der Waals surface area contributed by atoms with Crippen LogP contribution >= 0.6 is 23.0 Å². The number of carbonyl (C=O) groups excluding carboxylic acids is 1. The standard InChI is InChI=1S/C7H9IN2O2/c8-12-3-1-2-7(11)6-4-9-5-10-6/h4-5H,1-3H2,(H,9,10). The van der Waals surface area contributed by atoms with E-state index in [4.69, 9.17) is 3.07 Å². The number of halogens is 1. The summed E-state index contributed by atoms with van der Waals surface area (Å²) in [6.45, 7) is 0.612. The van der Waals surface area contributed by atoms with Crippen LogP contribution in [0.4, 0.5) is 0 Å². The van der Waals surface area contributed by atoms with Crippen LogP contribution < -0.4 is 0 Å². The molecule has 0 radical (unpaired) electrons. The number of nitrogens with one attached hydrogen (secondary N) is 1. The van der Waals surface area contributed by atoms with Crippen molar-refractivity contribution in [3.05, 3.63) is 18.2 Å². The second-order valence-corrected chi connectivity index (χ2v) is 2.93. The highest BCUT2D eigenvalue weighted by Crippen LogP contribution is 2.01. The topological polar surface area (TPSA) is 55.0 Å². The van der Waals surface area contributed by atoms with Gasteiger partial charge in [-0.05, 0) is 6.42 Å². The average Bonchev–Trinajstić information content (AvgIpc) is 2.56. The third-order valence-electron chi connectivity index (χ3n) is 1.42. The third kappa shape index (κ3) is 2.90. The summed E-state index contributed by atoms with van der Waals surface area (Å²) in [6.07, 6.45) is 4.29. The summed E-state index contributed by atoms with van der Waals surface area (Å²) in [6, 6.07) is 0. The lowest BCUT2D eigenvalue weighted by molar-refractivity contribution is 0.0971. The molecule has 66 valence electrons. The molecular formula is C7H9IN2O2. The molecule has 0 saturated heterocycles. The maximum atomic E-state index is 11.3. The van der Waals surface area contributed by atoms with Crippen molar-refractivity contribution in [2.45, 2.75) is 12.8 Å². The minimum absolute atomic E-state index is 0.0842. The van der Waals surface area contributed by atoms with Gasteiger partial charge >= 0.3 is 0 Å². The fourth-order valence-electron chi connectivity index (χ4n) is 0.830. The first kappa shape index (κ1) is 9.66. The van der Waals surface area contributed by atoms with Gasteiger partial charge in [-0.2, -0.15) is 0 Å². The maximum absolute atomic E-state index is 11.3. The van der Waals surface area contributed by atoms with Gasteiger partial charge in [-0.25, -0.2) is 4.98 Å². The molecule has 0 aliphatic rings. The molecule has 0 spiro atoms. The van der Waals surface area contributed by atoms with Crippen molar-refractivity contribution < 1.29 is 7.86 Å². The Balaban J connectivity index is 2.30. The number of H-pyrrole nitrogens is 1. The summed E-state index contributed by atoms with van der Waals surface area (Å²) in [5.74, 6) is 0.0842. The Morgan fingerprint density at radius 1 is 1.75 bits per heavy atom. The van der Waals surface area contributed by atoms with E-state index < -0.39 is 0 Å². The molecule has 1 rings (SSSR count). The van der Waals surface area contributed by atoms with E-state index in [1.807, 2.05) is 23.0 Å². The number of Topliss-reactive ketones (excluding diaryl/α,β-unsaturated/α-hetero) is 1. The molecule has 1 N–H and O–H groups in total. The lowest BCUT2D eigenvalue weighted by Gasteiger charge is -1.95. The molecule has 1 aromatic heterocycles. The van der Waals surface area contributed by atoms with Gasteiger partial charge in [0.1, 0.15) is 28.7 Å². The second kappa shape index (κ2) is 5.26. The van der Waals surface area contributed by atoms with Crippen LogP contribution in [-0.2, 0) is 3.07 Å². The summed E-state index contributed by atoms with van der Waals surface area (Å²) in [5, 5.41) is 0. The lowest BCUT2D eigenvalue weighted by Crippen LogP contribution is -2.00. The first-order valence-electron chi connectivity index (χ1n) is 3.59. The van der Waals surface area contributed by atoms with Gasteiger partial charge in [-0.3, -0.25) is 4.79 Å². The predicted octanol–water partition coefficient (Wildman–Crippen LogP) is 1.74. The monoisotopic (exact) mass is 280 g/mol. The van der Waals surface area contributed by atoms with Gasteiger partial charge in [0.05, 0.1) is 19.1 Å². The number of rotatable bonds is 5. The van der Waals surface area contributed by atoms with Crippen molar-refractivity contribution in [3.63, 3.8) is 0 Å². The number of nitrogens with zero attached hydrogens (tertiary/aromatic N) is 1. The SMILES string of the molecule is O=C(CCCOI)c1cnc[nH]1. The van der Waals surface area contributed by atoms with Crippen LogP contribution in [0.25, 0.3) is 0 Å². The van der Waals surface area contributed by atoms with E-state index in [2.05, 4.69) is 9.97 Å². The zero-order valence-electron chi connectivity index (χ0n) is 6.42. The number of hydrogen-bond acceptors (Lipinski definition) is 3. The Hall–Kier alpha value is -0.430. The molecule has 0 aromatic carbocycles. The molecule has 0 bridgehead atoms. The van der Waals surface area contributed by atoms with Crippen molar-refractivity contribution in [2.75, 3.05) is 6.61 Å². The summed E-state index contributed by atoms with van der Waals surface area (Å²) in [7, 11) is 0. The summed E-state index contributed by atoms with van der Waals surface area (Å²) in [4.78, 5) is 17.8. The Kier molecular flexibility index (Phi) is 4.23. The van der Waals surface area contributed by atoms with Crippen LogP contribution in [0.3, 0.4) is 0 Å². The van der Waals surface area contributed by atoms with E-state index in [1.54, 1.807) is 0 Å². The van der Waals surface area contributed by atoms with Gasteiger partial charge < -0.3 is 8.05 Å². The number of aromatic nitrogens is 2. The molecule has 1 aromatic rings. The van der Waals surface area contributed by atoms with Gasteiger partial charge in [0.25, 0.3) is 0 Å². The second-order valence-electron chi connectivity index (χ2n) is 2.31. The molecule has 0 aliphatic carbocycles. The molecule has 0 fully saturated rings. The van der Waals surface area contributed by atoms with E-state index >= 15 is 0 Å². The molecule has 0 saturated carbocycles. The molecule has 4 nitrogen and oxygen atoms in total. The largest absolute Gasteiger partial charge is 0.342 e. The van der Waals surface area contributed by atoms with Crippen LogP contribution in [0, 0.1) is 0 Å². The fraction of sp³-hybridized carbons (Fsp3) is 0.429. The molecular weight excluding hydrogens is 271 g/mol. The minimum atomic E-state index is 0.0842. The highest BCUT2D eigenvalue weighted by atomic mass is 127. The van der Waals surface area contributed by atoms with E-state index in [1.165, 1.54) is 12.5 Å². The third-order valence-corrected chi connectivity index (χ3v) is 1.86. The molecule has 0 unspecified atom stereocenters. The molecule has 0 aliphatic heterocycles. The quantitative estimate of drug-likeness (QED) is 0.508. The average molecular weight is 280 g/mol. The first-order valence-corrected chi connectivity index (χ1v) is 4.48. The highest BCUT2D eigenvalue weighted by Gasteiger charge is 2.05. The Morgan fingerprint density at radius 3 is 3.17 bits per heavy atom. The van der Waals surface area contributed by atoms with Crippen LogP contribution in [-0.4, -0.2) is 22.4 Å². The van der Waals surface area contributed by atoms with Crippen LogP contribution in [0.5, 0.6) is 0 Å². The fourth-order valence-corrected chi connectivity index (χ4v) is 1.14. The van der Waals surface area contributed by atoms with Crippen molar-refractivity contribution in [1.29, 1.82) is 0 Å². The van der Waals surface area contributed by atoms with Crippen molar-refractivity contribution in [1.82, 2.24) is 9.97 Å². The zero-order valence-corrected chi connectivity index (χ0v) is 8.58. The van der Waals surface area contributed by atoms with E-state index in [9.17, 15) is 4.79 Å². The number of ketones is 1. The molecule has 0 amide bonds. The van der Waals surface area contributed by atoms with Crippen LogP contribution in [0.2, 0.25) is 0 Å². The first-order chi connectivity index (χ1) is 5.84. The Labute approximate surface area is 84.4 Å².